The maximum absolute atomic E-state index is 12.1. The fraction of sp³-hybridized carbons (Fsp3) is 0.381. The molecule has 1 N–H and O–H groups in total. The van der Waals surface area contributed by atoms with Crippen LogP contribution in [0.3, 0.4) is 0 Å². The summed E-state index contributed by atoms with van der Waals surface area (Å²) in [5.41, 5.74) is -0.165. The first-order chi connectivity index (χ1) is 11.8. The van der Waals surface area contributed by atoms with Crippen molar-refractivity contribution in [3.05, 3.63) is 71.8 Å². The van der Waals surface area contributed by atoms with E-state index in [2.05, 4.69) is 0 Å². The molecule has 0 amide bonds. The van der Waals surface area contributed by atoms with Gasteiger partial charge < -0.3 is 14.6 Å². The van der Waals surface area contributed by atoms with E-state index >= 15 is 0 Å². The van der Waals surface area contributed by atoms with Crippen molar-refractivity contribution in [3.63, 3.8) is 0 Å². The van der Waals surface area contributed by atoms with Crippen molar-refractivity contribution in [1.82, 2.24) is 0 Å². The molecule has 0 aliphatic carbocycles. The van der Waals surface area contributed by atoms with Gasteiger partial charge >= 0.3 is 5.97 Å². The van der Waals surface area contributed by atoms with E-state index in [1.807, 2.05) is 60.7 Å². The topological polar surface area (TPSA) is 55.8 Å². The predicted molar refractivity (Wildman–Crippen MR) is 97.1 cm³/mol. The molecule has 0 radical (unpaired) electrons. The molecule has 2 aromatic rings. The highest BCUT2D eigenvalue weighted by Gasteiger charge is 2.43. The summed E-state index contributed by atoms with van der Waals surface area (Å²) < 4.78 is 11.2. The molecule has 0 aromatic heterocycles. The summed E-state index contributed by atoms with van der Waals surface area (Å²) in [5, 5.41) is 11.0. The fourth-order valence-corrected chi connectivity index (χ4v) is 2.78. The van der Waals surface area contributed by atoms with Crippen LogP contribution in [0.25, 0.3) is 0 Å². The number of hydrogen-bond acceptors (Lipinski definition) is 4. The molecule has 2 rings (SSSR count). The average Bonchev–Trinajstić information content (AvgIpc) is 2.62. The number of rotatable bonds is 6. The van der Waals surface area contributed by atoms with Gasteiger partial charge in [0.05, 0.1) is 5.41 Å². The predicted octanol–water partition coefficient (Wildman–Crippen LogP) is 3.53. The van der Waals surface area contributed by atoms with Crippen LogP contribution in [-0.4, -0.2) is 30.9 Å². The van der Waals surface area contributed by atoms with Crippen LogP contribution in [0.4, 0.5) is 0 Å². The molecular weight excluding hydrogens is 316 g/mol. The first-order valence-corrected chi connectivity index (χ1v) is 8.34. The van der Waals surface area contributed by atoms with Crippen LogP contribution in [-0.2, 0) is 19.9 Å². The van der Waals surface area contributed by atoms with Crippen LogP contribution >= 0.6 is 0 Å². The minimum atomic E-state index is -1.12. The third kappa shape index (κ3) is 4.09. The normalized spacial score (nSPS) is 13.3. The van der Waals surface area contributed by atoms with Crippen LogP contribution in [0.1, 0.15) is 31.9 Å². The van der Waals surface area contributed by atoms with Gasteiger partial charge in [0.15, 0.2) is 0 Å². The second kappa shape index (κ2) is 7.81. The first kappa shape index (κ1) is 19.2. The smallest absolute Gasteiger partial charge is 0.311 e. The number of ether oxygens (including phenoxy) is 2. The summed E-state index contributed by atoms with van der Waals surface area (Å²) >= 11 is 0. The number of benzene rings is 2. The number of carbonyl (C=O) groups is 1. The second-order valence-corrected chi connectivity index (χ2v) is 7.04. The molecule has 1 atom stereocenters. The van der Waals surface area contributed by atoms with Crippen molar-refractivity contribution < 1.29 is 19.4 Å². The zero-order chi connectivity index (χ0) is 18.5. The van der Waals surface area contributed by atoms with E-state index in [1.54, 1.807) is 27.9 Å². The molecular formula is C21H26O4. The Morgan fingerprint density at radius 2 is 1.40 bits per heavy atom. The molecule has 4 heteroatoms. The van der Waals surface area contributed by atoms with Gasteiger partial charge in [-0.15, -0.1) is 0 Å². The Bertz CT molecular complexity index is 635. The SMILES string of the molecule is COC(c1ccccc1)(c1ccccc1)C(O)COC(=O)C(C)(C)C. The van der Waals surface area contributed by atoms with E-state index < -0.39 is 17.1 Å². The molecule has 4 nitrogen and oxygen atoms in total. The molecule has 0 aliphatic heterocycles. The number of carbonyl (C=O) groups excluding carboxylic acids is 1. The summed E-state index contributed by atoms with van der Waals surface area (Å²) in [4.78, 5) is 12.1. The largest absolute Gasteiger partial charge is 0.462 e. The maximum Gasteiger partial charge on any atom is 0.311 e. The van der Waals surface area contributed by atoms with Crippen molar-refractivity contribution in [1.29, 1.82) is 0 Å². The standard InChI is InChI=1S/C21H26O4/c1-20(2,3)19(23)25-15-18(22)21(24-4,16-11-7-5-8-12-16)17-13-9-6-10-14-17/h5-14,18,22H,15H2,1-4H3. The Balaban J connectivity index is 2.40. The van der Waals surface area contributed by atoms with Gasteiger partial charge in [0.2, 0.25) is 0 Å². The van der Waals surface area contributed by atoms with E-state index in [-0.39, 0.29) is 12.6 Å². The number of aliphatic hydroxyl groups excluding tert-OH is 1. The summed E-state index contributed by atoms with van der Waals surface area (Å²) in [5.74, 6) is -0.363. The summed E-state index contributed by atoms with van der Waals surface area (Å²) in [7, 11) is 1.55. The Kier molecular flexibility index (Phi) is 5.98. The van der Waals surface area contributed by atoms with Crippen molar-refractivity contribution in [3.8, 4) is 0 Å². The molecule has 134 valence electrons. The Hall–Kier alpha value is -2.17. The third-order valence-electron chi connectivity index (χ3n) is 4.18. The lowest BCUT2D eigenvalue weighted by Crippen LogP contribution is -2.46. The molecule has 0 bridgehead atoms. The van der Waals surface area contributed by atoms with E-state index in [9.17, 15) is 9.90 Å². The van der Waals surface area contributed by atoms with Gasteiger partial charge in [0, 0.05) is 7.11 Å². The van der Waals surface area contributed by atoms with Gasteiger partial charge in [-0.2, -0.15) is 0 Å². The molecule has 1 unspecified atom stereocenters. The van der Waals surface area contributed by atoms with Crippen LogP contribution < -0.4 is 0 Å². The van der Waals surface area contributed by atoms with Gasteiger partial charge in [0.1, 0.15) is 18.3 Å². The fourth-order valence-electron chi connectivity index (χ4n) is 2.78. The summed E-state index contributed by atoms with van der Waals surface area (Å²) in [6, 6.07) is 18.9. The molecule has 0 saturated carbocycles. The third-order valence-corrected chi connectivity index (χ3v) is 4.18. The van der Waals surface area contributed by atoms with Gasteiger partial charge in [-0.1, -0.05) is 60.7 Å². The van der Waals surface area contributed by atoms with Crippen molar-refractivity contribution >= 4 is 5.97 Å². The average molecular weight is 342 g/mol. The highest BCUT2D eigenvalue weighted by Crippen LogP contribution is 2.37. The molecule has 0 spiro atoms. The highest BCUT2D eigenvalue weighted by atomic mass is 16.6. The van der Waals surface area contributed by atoms with Crippen LogP contribution in [0, 0.1) is 5.41 Å². The van der Waals surface area contributed by atoms with Crippen LogP contribution in [0.5, 0.6) is 0 Å². The molecule has 0 heterocycles. The minimum Gasteiger partial charge on any atom is -0.462 e. The number of hydrogen-bond donors (Lipinski definition) is 1. The molecule has 0 fully saturated rings. The number of aliphatic hydroxyl groups is 1. The van der Waals surface area contributed by atoms with Gasteiger partial charge in [-0.3, -0.25) is 4.79 Å². The monoisotopic (exact) mass is 342 g/mol. The van der Waals surface area contributed by atoms with Gasteiger partial charge in [0.25, 0.3) is 0 Å². The number of methoxy groups -OCH3 is 1. The molecule has 0 aliphatic rings. The lowest BCUT2D eigenvalue weighted by atomic mass is 9.81. The second-order valence-electron chi connectivity index (χ2n) is 7.04. The Morgan fingerprint density at radius 3 is 1.76 bits per heavy atom. The van der Waals surface area contributed by atoms with E-state index in [0.717, 1.165) is 11.1 Å². The maximum atomic E-state index is 12.1. The summed E-state index contributed by atoms with van der Waals surface area (Å²) in [6.07, 6.45) is -1.06. The van der Waals surface area contributed by atoms with Gasteiger partial charge in [-0.05, 0) is 31.9 Å². The summed E-state index contributed by atoms with van der Waals surface area (Å²) in [6.45, 7) is 5.17. The lowest BCUT2D eigenvalue weighted by Gasteiger charge is -2.38. The lowest BCUT2D eigenvalue weighted by molar-refractivity contribution is -0.163. The van der Waals surface area contributed by atoms with E-state index in [1.165, 1.54) is 0 Å². The molecule has 0 saturated heterocycles. The van der Waals surface area contributed by atoms with Crippen molar-refractivity contribution in [2.75, 3.05) is 13.7 Å². The van der Waals surface area contributed by atoms with Crippen LogP contribution in [0.2, 0.25) is 0 Å². The van der Waals surface area contributed by atoms with E-state index in [0.29, 0.717) is 0 Å². The zero-order valence-corrected chi connectivity index (χ0v) is 15.2. The van der Waals surface area contributed by atoms with Crippen molar-refractivity contribution in [2.24, 2.45) is 5.41 Å². The Labute approximate surface area is 149 Å². The zero-order valence-electron chi connectivity index (χ0n) is 15.2. The molecule has 25 heavy (non-hydrogen) atoms. The van der Waals surface area contributed by atoms with Crippen molar-refractivity contribution in [2.45, 2.75) is 32.5 Å². The van der Waals surface area contributed by atoms with E-state index in [4.69, 9.17) is 9.47 Å². The van der Waals surface area contributed by atoms with Gasteiger partial charge in [-0.25, -0.2) is 0 Å². The minimum absolute atomic E-state index is 0.159. The molecule has 2 aromatic carbocycles. The highest BCUT2D eigenvalue weighted by molar-refractivity contribution is 5.75. The number of esters is 1. The quantitative estimate of drug-likeness (QED) is 0.816. The Morgan fingerprint density at radius 1 is 0.960 bits per heavy atom. The first-order valence-electron chi connectivity index (χ1n) is 8.34. The van der Waals surface area contributed by atoms with Crippen LogP contribution in [0.15, 0.2) is 60.7 Å².